The Morgan fingerprint density at radius 2 is 1.97 bits per heavy atom. The van der Waals surface area contributed by atoms with Gasteiger partial charge in [-0.25, -0.2) is 9.97 Å². The molecule has 1 fully saturated rings. The van der Waals surface area contributed by atoms with Crippen LogP contribution >= 0.6 is 0 Å². The molecule has 1 aromatic heterocycles. The number of rotatable bonds is 5. The first kappa shape index (κ1) is 23.5. The Morgan fingerprint density at radius 3 is 2.59 bits per heavy atom. The van der Waals surface area contributed by atoms with Gasteiger partial charge < -0.3 is 21.3 Å². The topological polar surface area (TPSA) is 116 Å². The lowest BCUT2D eigenvalue weighted by Crippen LogP contribution is -2.44. The molecule has 4 rings (SSSR count). The minimum absolute atomic E-state index is 0.000590. The van der Waals surface area contributed by atoms with E-state index in [-0.39, 0.29) is 23.3 Å². The van der Waals surface area contributed by atoms with Crippen molar-refractivity contribution in [2.45, 2.75) is 32.0 Å². The molecular formula is C22H24F3N7O2. The molecule has 2 aliphatic rings. The molecule has 1 saturated heterocycles. The fraction of sp³-hybridized carbons (Fsp3) is 0.364. The van der Waals surface area contributed by atoms with Crippen LogP contribution in [0.15, 0.2) is 36.3 Å². The van der Waals surface area contributed by atoms with Crippen LogP contribution in [0.4, 0.5) is 30.2 Å². The van der Waals surface area contributed by atoms with Crippen LogP contribution < -0.4 is 21.3 Å². The maximum Gasteiger partial charge on any atom is 0.433 e. The highest BCUT2D eigenvalue weighted by Gasteiger charge is 2.35. The van der Waals surface area contributed by atoms with E-state index in [4.69, 9.17) is 5.73 Å². The number of fused-ring (bicyclic) bond motifs is 1. The summed E-state index contributed by atoms with van der Waals surface area (Å²) in [6, 6.07) is 5.73. The zero-order chi connectivity index (χ0) is 24.6. The molecule has 1 atom stereocenters. The Morgan fingerprint density at radius 1 is 1.24 bits per heavy atom. The highest BCUT2D eigenvalue weighted by molar-refractivity contribution is 6.20. The number of hydrogen-bond acceptors (Lipinski definition) is 7. The van der Waals surface area contributed by atoms with Crippen molar-refractivity contribution in [3.63, 3.8) is 0 Å². The molecule has 2 amide bonds. The molecule has 2 aliphatic heterocycles. The summed E-state index contributed by atoms with van der Waals surface area (Å²) in [6.07, 6.45) is -2.03. The SMILES string of the molecule is CCN(C(=O)[C@@H]1CCCN1C)c1ccc2c(c1)NC(=C(C(N)=O)c1nccc(C(F)(F)F)n1)N2. The van der Waals surface area contributed by atoms with Crippen molar-refractivity contribution < 1.29 is 22.8 Å². The minimum atomic E-state index is -4.71. The van der Waals surface area contributed by atoms with Gasteiger partial charge in [0.2, 0.25) is 5.91 Å². The molecule has 2 aromatic rings. The molecule has 4 N–H and O–H groups in total. The standard InChI is InChI=1S/C22H24F3N7O2/c1-3-32(21(34)15-5-4-10-31(15)2)12-6-7-13-14(11-12)29-20(28-13)17(18(26)33)19-27-9-8-16(30-19)22(23,24)25/h6-9,11,15,28-29H,3-5,10H2,1-2H3,(H2,26,33)/t15-/m0/s1. The summed E-state index contributed by atoms with van der Waals surface area (Å²) in [5.74, 6) is -1.40. The van der Waals surface area contributed by atoms with Gasteiger partial charge in [0.1, 0.15) is 17.1 Å². The summed E-state index contributed by atoms with van der Waals surface area (Å²) < 4.78 is 39.3. The van der Waals surface area contributed by atoms with E-state index >= 15 is 0 Å². The van der Waals surface area contributed by atoms with Crippen LogP contribution in [0.25, 0.3) is 5.57 Å². The van der Waals surface area contributed by atoms with Crippen LogP contribution in [-0.4, -0.2) is 52.9 Å². The predicted octanol–water partition coefficient (Wildman–Crippen LogP) is 2.63. The smallest absolute Gasteiger partial charge is 0.365 e. The molecule has 0 unspecified atom stereocenters. The van der Waals surface area contributed by atoms with E-state index < -0.39 is 23.6 Å². The molecule has 12 heteroatoms. The van der Waals surface area contributed by atoms with Crippen LogP contribution in [0, 0.1) is 0 Å². The number of nitrogens with zero attached hydrogens (tertiary/aromatic N) is 4. The summed E-state index contributed by atoms with van der Waals surface area (Å²) in [5, 5.41) is 5.91. The van der Waals surface area contributed by atoms with E-state index in [2.05, 4.69) is 20.6 Å². The highest BCUT2D eigenvalue weighted by Crippen LogP contribution is 2.37. The van der Waals surface area contributed by atoms with E-state index in [1.807, 2.05) is 18.9 Å². The molecule has 9 nitrogen and oxygen atoms in total. The largest absolute Gasteiger partial charge is 0.433 e. The average molecular weight is 475 g/mol. The van der Waals surface area contributed by atoms with Crippen LogP contribution in [0.2, 0.25) is 0 Å². The van der Waals surface area contributed by atoms with Crippen molar-refractivity contribution >= 4 is 34.4 Å². The second-order valence-corrected chi connectivity index (χ2v) is 8.08. The Hall–Kier alpha value is -3.67. The third-order valence-corrected chi connectivity index (χ3v) is 5.89. The molecule has 0 radical (unpaired) electrons. The quantitative estimate of drug-likeness (QED) is 0.570. The lowest BCUT2D eigenvalue weighted by Gasteiger charge is -2.28. The Kier molecular flexibility index (Phi) is 6.17. The molecule has 180 valence electrons. The van der Waals surface area contributed by atoms with Gasteiger partial charge in [-0.1, -0.05) is 0 Å². The van der Waals surface area contributed by atoms with Crippen molar-refractivity contribution in [2.24, 2.45) is 5.73 Å². The number of likely N-dealkylation sites (N-methyl/N-ethyl adjacent to an activating group) is 2. The maximum absolute atomic E-state index is 13.1. The monoisotopic (exact) mass is 475 g/mol. The summed E-state index contributed by atoms with van der Waals surface area (Å²) in [4.78, 5) is 36.3. The number of hydrogen-bond donors (Lipinski definition) is 3. The first-order chi connectivity index (χ1) is 16.1. The van der Waals surface area contributed by atoms with Crippen molar-refractivity contribution in [3.8, 4) is 0 Å². The lowest BCUT2D eigenvalue weighted by atomic mass is 10.1. The number of anilines is 3. The van der Waals surface area contributed by atoms with Crippen LogP contribution in [-0.2, 0) is 15.8 Å². The van der Waals surface area contributed by atoms with Gasteiger partial charge in [-0.05, 0) is 57.6 Å². The van der Waals surface area contributed by atoms with E-state index in [1.54, 1.807) is 23.1 Å². The number of likely N-dealkylation sites (tertiary alicyclic amines) is 1. The van der Waals surface area contributed by atoms with Gasteiger partial charge in [-0.3, -0.25) is 14.5 Å². The third kappa shape index (κ3) is 4.40. The fourth-order valence-corrected chi connectivity index (χ4v) is 4.19. The molecule has 34 heavy (non-hydrogen) atoms. The van der Waals surface area contributed by atoms with Crippen molar-refractivity contribution in [3.05, 3.63) is 47.8 Å². The molecule has 3 heterocycles. The number of halogens is 3. The molecule has 0 saturated carbocycles. The van der Waals surface area contributed by atoms with E-state index in [9.17, 15) is 22.8 Å². The summed E-state index contributed by atoms with van der Waals surface area (Å²) in [5.41, 5.74) is 5.70. The Labute approximate surface area is 193 Å². The first-order valence-corrected chi connectivity index (χ1v) is 10.7. The Balaban J connectivity index is 1.66. The lowest BCUT2D eigenvalue weighted by molar-refractivity contribution is -0.141. The first-order valence-electron chi connectivity index (χ1n) is 10.7. The second-order valence-electron chi connectivity index (χ2n) is 8.08. The summed E-state index contributed by atoms with van der Waals surface area (Å²) in [7, 11) is 1.93. The molecule has 1 aromatic carbocycles. The zero-order valence-corrected chi connectivity index (χ0v) is 18.6. The number of alkyl halides is 3. The van der Waals surface area contributed by atoms with E-state index in [1.165, 1.54) is 0 Å². The van der Waals surface area contributed by atoms with Crippen LogP contribution in [0.1, 0.15) is 31.3 Å². The number of carbonyl (C=O) groups is 2. The zero-order valence-electron chi connectivity index (χ0n) is 18.6. The number of carbonyl (C=O) groups excluding carboxylic acids is 2. The number of nitrogens with two attached hydrogens (primary N) is 1. The number of primary amides is 1. The van der Waals surface area contributed by atoms with Crippen molar-refractivity contribution in [2.75, 3.05) is 35.7 Å². The number of amides is 2. The van der Waals surface area contributed by atoms with Gasteiger partial charge in [0.25, 0.3) is 5.91 Å². The van der Waals surface area contributed by atoms with E-state index in [0.29, 0.717) is 29.7 Å². The minimum Gasteiger partial charge on any atom is -0.365 e. The van der Waals surface area contributed by atoms with Crippen molar-refractivity contribution in [1.29, 1.82) is 0 Å². The normalized spacial score (nSPS) is 19.3. The molecule has 0 spiro atoms. The van der Waals surface area contributed by atoms with Gasteiger partial charge >= 0.3 is 6.18 Å². The maximum atomic E-state index is 13.1. The molecular weight excluding hydrogens is 451 g/mol. The highest BCUT2D eigenvalue weighted by atomic mass is 19.4. The molecule has 0 bridgehead atoms. The summed E-state index contributed by atoms with van der Waals surface area (Å²) >= 11 is 0. The van der Waals surface area contributed by atoms with Gasteiger partial charge in [0.05, 0.1) is 17.4 Å². The van der Waals surface area contributed by atoms with Crippen LogP contribution in [0.5, 0.6) is 0 Å². The van der Waals surface area contributed by atoms with Gasteiger partial charge in [-0.2, -0.15) is 13.2 Å². The fourth-order valence-electron chi connectivity index (χ4n) is 4.19. The van der Waals surface area contributed by atoms with E-state index in [0.717, 1.165) is 25.6 Å². The number of aromatic nitrogens is 2. The number of benzene rings is 1. The van der Waals surface area contributed by atoms with Gasteiger partial charge in [0.15, 0.2) is 5.82 Å². The predicted molar refractivity (Wildman–Crippen MR) is 121 cm³/mol. The van der Waals surface area contributed by atoms with Crippen LogP contribution in [0.3, 0.4) is 0 Å². The van der Waals surface area contributed by atoms with Gasteiger partial charge in [0, 0.05) is 18.4 Å². The molecule has 0 aliphatic carbocycles. The summed E-state index contributed by atoms with van der Waals surface area (Å²) in [6.45, 7) is 3.21. The van der Waals surface area contributed by atoms with Crippen molar-refractivity contribution in [1.82, 2.24) is 14.9 Å². The average Bonchev–Trinajstić information content (AvgIpc) is 3.39. The van der Waals surface area contributed by atoms with Gasteiger partial charge in [-0.15, -0.1) is 0 Å². The second kappa shape index (κ2) is 8.93. The third-order valence-electron chi connectivity index (χ3n) is 5.89. The number of nitrogens with one attached hydrogen (secondary N) is 2. The Bertz CT molecular complexity index is 1170.